The Hall–Kier alpha value is -3.22. The minimum atomic E-state index is -0.764. The van der Waals surface area contributed by atoms with E-state index in [0.717, 1.165) is 0 Å². The van der Waals surface area contributed by atoms with Crippen LogP contribution in [0.15, 0.2) is 48.5 Å². The van der Waals surface area contributed by atoms with Gasteiger partial charge in [-0.15, -0.1) is 0 Å². The molecule has 136 valence electrons. The zero-order chi connectivity index (χ0) is 18.5. The highest BCUT2D eigenvalue weighted by Crippen LogP contribution is 2.33. The van der Waals surface area contributed by atoms with Gasteiger partial charge in [0.15, 0.2) is 18.1 Å². The Morgan fingerprint density at radius 1 is 1.04 bits per heavy atom. The quantitative estimate of drug-likeness (QED) is 0.828. The molecular weight excluding hydrogens is 338 g/mol. The third kappa shape index (κ3) is 4.05. The summed E-state index contributed by atoms with van der Waals surface area (Å²) in [5, 5.41) is 2.78. The second-order valence-corrected chi connectivity index (χ2v) is 5.69. The third-order valence-electron chi connectivity index (χ3n) is 3.81. The van der Waals surface area contributed by atoms with Crippen molar-refractivity contribution in [3.8, 4) is 17.2 Å². The molecule has 1 aliphatic rings. The van der Waals surface area contributed by atoms with Crippen molar-refractivity contribution in [1.29, 1.82) is 0 Å². The van der Waals surface area contributed by atoms with Gasteiger partial charge in [0, 0.05) is 5.69 Å². The molecule has 1 amide bonds. The van der Waals surface area contributed by atoms with Crippen molar-refractivity contribution in [1.82, 2.24) is 0 Å². The lowest BCUT2D eigenvalue weighted by Crippen LogP contribution is -2.46. The van der Waals surface area contributed by atoms with Gasteiger partial charge in [0.1, 0.15) is 11.9 Å². The summed E-state index contributed by atoms with van der Waals surface area (Å²) in [4.78, 5) is 23.6. The average Bonchev–Trinajstić information content (AvgIpc) is 2.66. The summed E-state index contributed by atoms with van der Waals surface area (Å²) in [6.45, 7) is 1.61. The molecule has 2 atom stereocenters. The second-order valence-electron chi connectivity index (χ2n) is 5.69. The summed E-state index contributed by atoms with van der Waals surface area (Å²) in [6.07, 6.45) is -1.19. The first kappa shape index (κ1) is 17.6. The summed E-state index contributed by atoms with van der Waals surface area (Å²) in [7, 11) is 1.29. The van der Waals surface area contributed by atoms with E-state index in [9.17, 15) is 9.59 Å². The molecule has 7 nitrogen and oxygen atoms in total. The number of anilines is 1. The number of fused-ring (bicyclic) bond motifs is 1. The number of carbonyl (C=O) groups is 2. The molecule has 26 heavy (non-hydrogen) atoms. The summed E-state index contributed by atoms with van der Waals surface area (Å²) in [5.41, 5.74) is 0.579. The maximum atomic E-state index is 12.5. The van der Waals surface area contributed by atoms with Crippen LogP contribution in [0.1, 0.15) is 6.92 Å². The predicted octanol–water partition coefficient (Wildman–Crippen LogP) is 2.41. The minimum absolute atomic E-state index is 0.174. The molecule has 1 N–H and O–H groups in total. The number of benzene rings is 2. The Labute approximate surface area is 150 Å². The lowest BCUT2D eigenvalue weighted by Gasteiger charge is -2.31. The molecule has 0 fully saturated rings. The van der Waals surface area contributed by atoms with Gasteiger partial charge in [-0.2, -0.15) is 0 Å². The zero-order valence-corrected chi connectivity index (χ0v) is 14.4. The van der Waals surface area contributed by atoms with Gasteiger partial charge >= 0.3 is 5.97 Å². The number of carbonyl (C=O) groups excluding carboxylic acids is 2. The van der Waals surface area contributed by atoms with E-state index >= 15 is 0 Å². The van der Waals surface area contributed by atoms with Crippen LogP contribution in [-0.2, 0) is 14.3 Å². The maximum absolute atomic E-state index is 12.5. The third-order valence-corrected chi connectivity index (χ3v) is 3.81. The van der Waals surface area contributed by atoms with Crippen molar-refractivity contribution in [3.05, 3.63) is 48.5 Å². The first-order valence-electron chi connectivity index (χ1n) is 8.09. The Kier molecular flexibility index (Phi) is 5.26. The van der Waals surface area contributed by atoms with E-state index in [0.29, 0.717) is 22.9 Å². The van der Waals surface area contributed by atoms with Gasteiger partial charge in [0.25, 0.3) is 5.91 Å². The highest BCUT2D eigenvalue weighted by Gasteiger charge is 2.34. The molecule has 2 aromatic carbocycles. The SMILES string of the molecule is COC(=O)COc1ccc(NC(=O)[C@H]2Oc3ccccc3O[C@@H]2C)cc1. The number of hydrogen-bond acceptors (Lipinski definition) is 6. The standard InChI is InChI=1S/C19H19NO6/c1-12-18(26-16-6-4-3-5-15(16)25-12)19(22)20-13-7-9-14(10-8-13)24-11-17(21)23-2/h3-10,12,18H,11H2,1-2H3,(H,20,22)/t12-,18+/m1/s1. The van der Waals surface area contributed by atoms with Crippen LogP contribution >= 0.6 is 0 Å². The van der Waals surface area contributed by atoms with Crippen molar-refractivity contribution in [3.63, 3.8) is 0 Å². The molecule has 0 unspecified atom stereocenters. The van der Waals surface area contributed by atoms with Crippen LogP contribution in [0.2, 0.25) is 0 Å². The highest BCUT2D eigenvalue weighted by atomic mass is 16.6. The second kappa shape index (κ2) is 7.77. The maximum Gasteiger partial charge on any atom is 0.343 e. The largest absolute Gasteiger partial charge is 0.482 e. The summed E-state index contributed by atoms with van der Waals surface area (Å²) in [6, 6.07) is 13.9. The number of para-hydroxylation sites is 2. The van der Waals surface area contributed by atoms with Crippen LogP contribution in [0, 0.1) is 0 Å². The molecule has 0 bridgehead atoms. The molecule has 7 heteroatoms. The Balaban J connectivity index is 1.60. The monoisotopic (exact) mass is 357 g/mol. The van der Waals surface area contributed by atoms with Gasteiger partial charge in [-0.1, -0.05) is 12.1 Å². The fraction of sp³-hybridized carbons (Fsp3) is 0.263. The number of methoxy groups -OCH3 is 1. The molecule has 0 aliphatic carbocycles. The van der Waals surface area contributed by atoms with Gasteiger partial charge in [-0.05, 0) is 43.3 Å². The van der Waals surface area contributed by atoms with Crippen LogP contribution < -0.4 is 19.5 Å². The van der Waals surface area contributed by atoms with E-state index in [4.69, 9.17) is 14.2 Å². The molecule has 0 spiro atoms. The lowest BCUT2D eigenvalue weighted by molar-refractivity contribution is -0.142. The van der Waals surface area contributed by atoms with Gasteiger partial charge in [-0.25, -0.2) is 4.79 Å². The molecule has 1 heterocycles. The van der Waals surface area contributed by atoms with E-state index in [1.54, 1.807) is 43.3 Å². The number of amides is 1. The number of esters is 1. The minimum Gasteiger partial charge on any atom is -0.482 e. The summed E-state index contributed by atoms with van der Waals surface area (Å²) < 4.78 is 21.3. The number of rotatable bonds is 5. The number of nitrogens with one attached hydrogen (secondary N) is 1. The van der Waals surface area contributed by atoms with E-state index in [1.165, 1.54) is 7.11 Å². The fourth-order valence-electron chi connectivity index (χ4n) is 2.46. The molecule has 0 saturated carbocycles. The van der Waals surface area contributed by atoms with Crippen LogP contribution in [0.25, 0.3) is 0 Å². The average molecular weight is 357 g/mol. The van der Waals surface area contributed by atoms with Crippen molar-refractivity contribution in [2.75, 3.05) is 19.0 Å². The predicted molar refractivity (Wildman–Crippen MR) is 93.5 cm³/mol. The van der Waals surface area contributed by atoms with Crippen LogP contribution in [0.5, 0.6) is 17.2 Å². The Morgan fingerprint density at radius 2 is 1.69 bits per heavy atom. The Morgan fingerprint density at radius 3 is 2.35 bits per heavy atom. The fourth-order valence-corrected chi connectivity index (χ4v) is 2.46. The first-order valence-corrected chi connectivity index (χ1v) is 8.09. The summed E-state index contributed by atoms with van der Waals surface area (Å²) >= 11 is 0. The van der Waals surface area contributed by atoms with Crippen molar-refractivity contribution < 1.29 is 28.5 Å². The Bertz CT molecular complexity index is 789. The molecule has 0 aromatic heterocycles. The van der Waals surface area contributed by atoms with E-state index in [-0.39, 0.29) is 12.5 Å². The first-order chi connectivity index (χ1) is 12.6. The molecule has 1 aliphatic heterocycles. The van der Waals surface area contributed by atoms with Crippen molar-refractivity contribution in [2.45, 2.75) is 19.1 Å². The van der Waals surface area contributed by atoms with E-state index in [1.807, 2.05) is 12.1 Å². The van der Waals surface area contributed by atoms with Crippen LogP contribution in [0.3, 0.4) is 0 Å². The smallest absolute Gasteiger partial charge is 0.343 e. The molecule has 0 radical (unpaired) electrons. The number of hydrogen-bond donors (Lipinski definition) is 1. The van der Waals surface area contributed by atoms with Crippen molar-refractivity contribution >= 4 is 17.6 Å². The summed E-state index contributed by atoms with van der Waals surface area (Å²) in [5.74, 6) is 0.878. The van der Waals surface area contributed by atoms with E-state index < -0.39 is 18.2 Å². The normalized spacial score (nSPS) is 17.9. The van der Waals surface area contributed by atoms with Gasteiger partial charge in [0.2, 0.25) is 6.10 Å². The zero-order valence-electron chi connectivity index (χ0n) is 14.4. The molecular formula is C19H19NO6. The number of ether oxygens (including phenoxy) is 4. The molecule has 0 saturated heterocycles. The van der Waals surface area contributed by atoms with Gasteiger partial charge in [-0.3, -0.25) is 4.79 Å². The van der Waals surface area contributed by atoms with E-state index in [2.05, 4.69) is 10.1 Å². The molecule has 3 rings (SSSR count). The van der Waals surface area contributed by atoms with Gasteiger partial charge in [0.05, 0.1) is 7.11 Å². The topological polar surface area (TPSA) is 83.1 Å². The van der Waals surface area contributed by atoms with Gasteiger partial charge < -0.3 is 24.3 Å². The van der Waals surface area contributed by atoms with Crippen molar-refractivity contribution in [2.24, 2.45) is 0 Å². The molecule has 2 aromatic rings. The van der Waals surface area contributed by atoms with Crippen LogP contribution in [0.4, 0.5) is 5.69 Å². The highest BCUT2D eigenvalue weighted by molar-refractivity contribution is 5.95. The van der Waals surface area contributed by atoms with Crippen LogP contribution in [-0.4, -0.2) is 37.8 Å². The lowest BCUT2D eigenvalue weighted by atomic mass is 10.1.